The lowest BCUT2D eigenvalue weighted by Gasteiger charge is -2.39. The van der Waals surface area contributed by atoms with E-state index >= 15 is 0 Å². The number of aliphatic hydroxyl groups excluding tert-OH is 1. The van der Waals surface area contributed by atoms with Crippen LogP contribution in [-0.2, 0) is 0 Å². The summed E-state index contributed by atoms with van der Waals surface area (Å²) in [6.45, 7) is 3.32. The number of aliphatic hydroxyl groups is 1. The van der Waals surface area contributed by atoms with E-state index in [4.69, 9.17) is 11.5 Å². The third kappa shape index (κ3) is 1.43. The van der Waals surface area contributed by atoms with Crippen molar-refractivity contribution in [3.05, 3.63) is 0 Å². The van der Waals surface area contributed by atoms with Crippen LogP contribution in [-0.4, -0.2) is 47.7 Å². The second-order valence-electron chi connectivity index (χ2n) is 3.09. The fourth-order valence-electron chi connectivity index (χ4n) is 1.22. The zero-order chi connectivity index (χ0) is 9.19. The molecule has 1 aliphatic heterocycles. The Balaban J connectivity index is 2.71. The van der Waals surface area contributed by atoms with E-state index in [1.807, 2.05) is 0 Å². The van der Waals surface area contributed by atoms with Crippen molar-refractivity contribution >= 4 is 6.34 Å². The smallest absolute Gasteiger partial charge is 0.128 e. The average Bonchev–Trinajstić information content (AvgIpc) is 2.54. The van der Waals surface area contributed by atoms with Gasteiger partial charge < -0.3 is 21.5 Å². The number of nitrogens with two attached hydrogens (primary N) is 2. The molecule has 1 aliphatic rings. The van der Waals surface area contributed by atoms with Crippen LogP contribution >= 0.6 is 0 Å². The Morgan fingerprint density at radius 1 is 1.83 bits per heavy atom. The molecule has 0 amide bonds. The van der Waals surface area contributed by atoms with E-state index in [1.165, 1.54) is 0 Å². The lowest BCUT2D eigenvalue weighted by Crippen LogP contribution is -2.66. The van der Waals surface area contributed by atoms with E-state index in [9.17, 15) is 5.11 Å². The second kappa shape index (κ2) is 3.38. The van der Waals surface area contributed by atoms with Crippen molar-refractivity contribution in [2.24, 2.45) is 16.5 Å². The van der Waals surface area contributed by atoms with E-state index in [-0.39, 0.29) is 6.54 Å². The minimum Gasteiger partial charge on any atom is -0.389 e. The molecule has 0 fully saturated rings. The summed E-state index contributed by atoms with van der Waals surface area (Å²) >= 11 is 0. The van der Waals surface area contributed by atoms with Gasteiger partial charge in [-0.1, -0.05) is 0 Å². The van der Waals surface area contributed by atoms with Gasteiger partial charge in [-0.25, -0.2) is 0 Å². The molecule has 0 radical (unpaired) electrons. The molecule has 5 N–H and O–H groups in total. The maximum Gasteiger partial charge on any atom is 0.128 e. The maximum absolute atomic E-state index is 9.42. The second-order valence-corrected chi connectivity index (χ2v) is 3.09. The summed E-state index contributed by atoms with van der Waals surface area (Å²) in [4.78, 5) is 5.80. The third-order valence-electron chi connectivity index (χ3n) is 2.28. The van der Waals surface area contributed by atoms with Crippen molar-refractivity contribution in [2.75, 3.05) is 19.6 Å². The van der Waals surface area contributed by atoms with Crippen molar-refractivity contribution in [1.29, 1.82) is 0 Å². The molecule has 0 aromatic carbocycles. The Labute approximate surface area is 72.1 Å². The predicted molar refractivity (Wildman–Crippen MR) is 47.7 cm³/mol. The summed E-state index contributed by atoms with van der Waals surface area (Å²) in [5.74, 6) is 0. The number of aliphatic imine (C=N–C) groups is 1. The fourth-order valence-corrected chi connectivity index (χ4v) is 1.22. The van der Waals surface area contributed by atoms with Gasteiger partial charge >= 0.3 is 0 Å². The van der Waals surface area contributed by atoms with E-state index < -0.39 is 11.8 Å². The van der Waals surface area contributed by atoms with Crippen molar-refractivity contribution in [3.8, 4) is 0 Å². The normalized spacial score (nSPS) is 24.2. The van der Waals surface area contributed by atoms with E-state index in [0.29, 0.717) is 0 Å². The molecule has 1 heterocycles. The van der Waals surface area contributed by atoms with Gasteiger partial charge in [-0.3, -0.25) is 4.99 Å². The van der Waals surface area contributed by atoms with Gasteiger partial charge in [0.05, 0.1) is 19.0 Å². The summed E-state index contributed by atoms with van der Waals surface area (Å²) < 4.78 is 0. The summed E-state index contributed by atoms with van der Waals surface area (Å²) in [5, 5.41) is 9.42. The molecule has 12 heavy (non-hydrogen) atoms. The largest absolute Gasteiger partial charge is 0.389 e. The number of hydrogen-bond acceptors (Lipinski definition) is 5. The molecule has 1 rings (SSSR count). The zero-order valence-corrected chi connectivity index (χ0v) is 7.27. The first-order valence-corrected chi connectivity index (χ1v) is 4.05. The Kier molecular flexibility index (Phi) is 2.66. The summed E-state index contributed by atoms with van der Waals surface area (Å²) in [6.07, 6.45) is 0.992. The van der Waals surface area contributed by atoms with Gasteiger partial charge in [0.15, 0.2) is 0 Å². The maximum atomic E-state index is 9.42. The standard InChI is InChI=1S/C7H16N4O/c1-6(12)7(9,4-8)11-3-2-10-5-11/h5-6,12H,2-4,8-9H2,1H3. The summed E-state index contributed by atoms with van der Waals surface area (Å²) in [6, 6.07) is 0. The molecule has 0 bridgehead atoms. The minimum absolute atomic E-state index is 0.219. The topological polar surface area (TPSA) is 87.9 Å². The minimum atomic E-state index is -0.861. The van der Waals surface area contributed by atoms with Gasteiger partial charge in [0.2, 0.25) is 0 Å². The first-order chi connectivity index (χ1) is 5.61. The average molecular weight is 172 g/mol. The monoisotopic (exact) mass is 172 g/mol. The number of nitrogens with zero attached hydrogens (tertiary/aromatic N) is 2. The van der Waals surface area contributed by atoms with Gasteiger partial charge in [0.1, 0.15) is 5.66 Å². The van der Waals surface area contributed by atoms with Gasteiger partial charge in [0.25, 0.3) is 0 Å². The Hall–Kier alpha value is -0.650. The van der Waals surface area contributed by atoms with Crippen LogP contribution in [0.25, 0.3) is 0 Å². The van der Waals surface area contributed by atoms with Crippen LogP contribution < -0.4 is 11.5 Å². The quantitative estimate of drug-likeness (QED) is 0.474. The van der Waals surface area contributed by atoms with Crippen molar-refractivity contribution in [1.82, 2.24) is 4.90 Å². The lowest BCUT2D eigenvalue weighted by molar-refractivity contribution is 0.0318. The predicted octanol–water partition coefficient (Wildman–Crippen LogP) is -1.68. The highest BCUT2D eigenvalue weighted by Crippen LogP contribution is 2.12. The van der Waals surface area contributed by atoms with Gasteiger partial charge in [-0.2, -0.15) is 0 Å². The SMILES string of the molecule is CC(O)C(N)(CN)N1C=NCC1. The lowest BCUT2D eigenvalue weighted by atomic mass is 10.0. The van der Waals surface area contributed by atoms with Gasteiger partial charge in [-0.05, 0) is 6.92 Å². The molecule has 0 spiro atoms. The summed E-state index contributed by atoms with van der Waals surface area (Å²) in [7, 11) is 0. The molecule has 5 nitrogen and oxygen atoms in total. The van der Waals surface area contributed by atoms with Crippen LogP contribution in [0, 0.1) is 0 Å². The van der Waals surface area contributed by atoms with Crippen LogP contribution in [0.4, 0.5) is 0 Å². The molecule has 0 aliphatic carbocycles. The number of hydrogen-bond donors (Lipinski definition) is 3. The van der Waals surface area contributed by atoms with Crippen LogP contribution in [0.15, 0.2) is 4.99 Å². The van der Waals surface area contributed by atoms with E-state index in [1.54, 1.807) is 18.2 Å². The molecule has 0 aromatic rings. The molecular formula is C7H16N4O. The van der Waals surface area contributed by atoms with Crippen molar-refractivity contribution in [3.63, 3.8) is 0 Å². The molecule has 0 saturated carbocycles. The van der Waals surface area contributed by atoms with Crippen LogP contribution in [0.2, 0.25) is 0 Å². The van der Waals surface area contributed by atoms with Crippen LogP contribution in [0.1, 0.15) is 6.92 Å². The molecular weight excluding hydrogens is 156 g/mol. The highest BCUT2D eigenvalue weighted by Gasteiger charge is 2.35. The summed E-state index contributed by atoms with van der Waals surface area (Å²) in [5.41, 5.74) is 10.5. The molecule has 0 saturated heterocycles. The van der Waals surface area contributed by atoms with Crippen LogP contribution in [0.5, 0.6) is 0 Å². The Morgan fingerprint density at radius 2 is 2.50 bits per heavy atom. The third-order valence-corrected chi connectivity index (χ3v) is 2.28. The first-order valence-electron chi connectivity index (χ1n) is 4.05. The highest BCUT2D eigenvalue weighted by atomic mass is 16.3. The fraction of sp³-hybridized carbons (Fsp3) is 0.857. The number of rotatable bonds is 3. The van der Waals surface area contributed by atoms with Crippen molar-refractivity contribution < 1.29 is 5.11 Å². The molecule has 5 heteroatoms. The van der Waals surface area contributed by atoms with Gasteiger partial charge in [-0.15, -0.1) is 0 Å². The Morgan fingerprint density at radius 3 is 2.83 bits per heavy atom. The highest BCUT2D eigenvalue weighted by molar-refractivity contribution is 5.58. The molecule has 70 valence electrons. The first kappa shape index (κ1) is 9.44. The van der Waals surface area contributed by atoms with E-state index in [2.05, 4.69) is 4.99 Å². The molecule has 2 unspecified atom stereocenters. The van der Waals surface area contributed by atoms with E-state index in [0.717, 1.165) is 13.1 Å². The molecule has 2 atom stereocenters. The Bertz CT molecular complexity index is 182. The van der Waals surface area contributed by atoms with Crippen molar-refractivity contribution in [2.45, 2.75) is 18.7 Å². The zero-order valence-electron chi connectivity index (χ0n) is 7.27. The molecule has 0 aromatic heterocycles. The van der Waals surface area contributed by atoms with Gasteiger partial charge in [0, 0.05) is 13.1 Å². The van der Waals surface area contributed by atoms with Crippen LogP contribution in [0.3, 0.4) is 0 Å².